The van der Waals surface area contributed by atoms with Crippen LogP contribution in [0.15, 0.2) is 18.5 Å². The Balaban J connectivity index is 2.86. The van der Waals surface area contributed by atoms with Gasteiger partial charge < -0.3 is 4.74 Å². The molecule has 0 bridgehead atoms. The Kier molecular flexibility index (Phi) is 4.86. The summed E-state index contributed by atoms with van der Waals surface area (Å²) < 4.78 is 27.4. The molecule has 6 nitrogen and oxygen atoms in total. The van der Waals surface area contributed by atoms with E-state index in [9.17, 15) is 8.42 Å². The first-order valence-electron chi connectivity index (χ1n) is 5.09. The Bertz CT molecular complexity index is 462. The Labute approximate surface area is 101 Å². The number of nitrogens with two attached hydrogens (primary N) is 1. The van der Waals surface area contributed by atoms with E-state index >= 15 is 0 Å². The zero-order chi connectivity index (χ0) is 12.9. The third-order valence-electron chi connectivity index (χ3n) is 2.39. The van der Waals surface area contributed by atoms with Crippen LogP contribution in [-0.2, 0) is 9.84 Å². The summed E-state index contributed by atoms with van der Waals surface area (Å²) in [7, 11) is -1.48. The lowest BCUT2D eigenvalue weighted by molar-refractivity contribution is 0.396. The molecule has 0 saturated carbocycles. The van der Waals surface area contributed by atoms with Gasteiger partial charge in [-0.25, -0.2) is 8.42 Å². The number of nitrogens with one attached hydrogen (secondary N) is 1. The fraction of sp³-hybridized carbons (Fsp3) is 0.500. The molecule has 0 spiro atoms. The number of methoxy groups -OCH3 is 1. The summed E-state index contributed by atoms with van der Waals surface area (Å²) >= 11 is 0. The van der Waals surface area contributed by atoms with Crippen molar-refractivity contribution >= 4 is 9.84 Å². The maximum atomic E-state index is 11.1. The first kappa shape index (κ1) is 13.9. The summed E-state index contributed by atoms with van der Waals surface area (Å²) in [4.78, 5) is 3.93. The van der Waals surface area contributed by atoms with Gasteiger partial charge in [0, 0.05) is 18.0 Å². The smallest absolute Gasteiger partial charge is 0.147 e. The summed E-state index contributed by atoms with van der Waals surface area (Å²) in [6, 6.07) is 1.48. The van der Waals surface area contributed by atoms with Gasteiger partial charge in [-0.1, -0.05) is 0 Å². The number of sulfone groups is 1. The summed E-state index contributed by atoms with van der Waals surface area (Å²) in [6.45, 7) is 0. The fourth-order valence-electron chi connectivity index (χ4n) is 1.51. The minimum absolute atomic E-state index is 0.0628. The second-order valence-electron chi connectivity index (χ2n) is 3.76. The Morgan fingerprint density at radius 3 is 2.82 bits per heavy atom. The van der Waals surface area contributed by atoms with Crippen LogP contribution in [0.4, 0.5) is 0 Å². The van der Waals surface area contributed by atoms with Crippen LogP contribution >= 0.6 is 0 Å². The molecule has 17 heavy (non-hydrogen) atoms. The van der Waals surface area contributed by atoms with Gasteiger partial charge in [-0.2, -0.15) is 0 Å². The molecule has 1 rings (SSSR count). The summed E-state index contributed by atoms with van der Waals surface area (Å²) in [5.74, 6) is 6.09. The number of hydrogen-bond donors (Lipinski definition) is 2. The second kappa shape index (κ2) is 5.95. The molecule has 0 fully saturated rings. The van der Waals surface area contributed by atoms with E-state index in [2.05, 4.69) is 10.4 Å². The normalized spacial score (nSPS) is 13.4. The molecule has 0 radical (unpaired) electrons. The maximum Gasteiger partial charge on any atom is 0.147 e. The first-order valence-corrected chi connectivity index (χ1v) is 7.15. The van der Waals surface area contributed by atoms with E-state index in [-0.39, 0.29) is 11.8 Å². The Hall–Kier alpha value is -1.18. The lowest BCUT2D eigenvalue weighted by atomic mass is 10.1. The van der Waals surface area contributed by atoms with Gasteiger partial charge >= 0.3 is 0 Å². The predicted molar refractivity (Wildman–Crippen MR) is 65.2 cm³/mol. The molecule has 0 aliphatic carbocycles. The van der Waals surface area contributed by atoms with E-state index in [4.69, 9.17) is 10.6 Å². The quantitative estimate of drug-likeness (QED) is 0.553. The van der Waals surface area contributed by atoms with Crippen molar-refractivity contribution in [1.82, 2.24) is 10.4 Å². The van der Waals surface area contributed by atoms with E-state index in [1.807, 2.05) is 0 Å². The average Bonchev–Trinajstić information content (AvgIpc) is 2.29. The van der Waals surface area contributed by atoms with E-state index in [0.717, 1.165) is 5.56 Å². The second-order valence-corrected chi connectivity index (χ2v) is 6.02. The van der Waals surface area contributed by atoms with Gasteiger partial charge in [0.2, 0.25) is 0 Å². The number of aromatic nitrogens is 1. The fourth-order valence-corrected chi connectivity index (χ4v) is 2.17. The van der Waals surface area contributed by atoms with Crippen LogP contribution in [0.5, 0.6) is 5.75 Å². The van der Waals surface area contributed by atoms with Crippen molar-refractivity contribution < 1.29 is 13.2 Å². The van der Waals surface area contributed by atoms with Crippen molar-refractivity contribution in [3.05, 3.63) is 24.0 Å². The van der Waals surface area contributed by atoms with Crippen molar-refractivity contribution in [3.63, 3.8) is 0 Å². The Morgan fingerprint density at radius 1 is 1.59 bits per heavy atom. The predicted octanol–water partition coefficient (Wildman–Crippen LogP) is 0.0293. The van der Waals surface area contributed by atoms with Gasteiger partial charge in [-0.15, -0.1) is 0 Å². The van der Waals surface area contributed by atoms with Crippen molar-refractivity contribution in [2.75, 3.05) is 19.1 Å². The molecule has 0 amide bonds. The van der Waals surface area contributed by atoms with Crippen LogP contribution in [0.25, 0.3) is 0 Å². The van der Waals surface area contributed by atoms with E-state index < -0.39 is 9.84 Å². The molecule has 96 valence electrons. The molecule has 0 aliphatic rings. The summed E-state index contributed by atoms with van der Waals surface area (Å²) in [6.07, 6.45) is 4.77. The number of nitrogens with zero attached hydrogens (tertiary/aromatic N) is 1. The topological polar surface area (TPSA) is 94.3 Å². The minimum Gasteiger partial charge on any atom is -0.495 e. The lowest BCUT2D eigenvalue weighted by Gasteiger charge is -2.18. The van der Waals surface area contributed by atoms with Crippen LogP contribution in [0, 0.1) is 0 Å². The molecule has 3 N–H and O–H groups in total. The maximum absolute atomic E-state index is 11.1. The van der Waals surface area contributed by atoms with Gasteiger partial charge in [0.05, 0.1) is 25.1 Å². The van der Waals surface area contributed by atoms with E-state index in [0.29, 0.717) is 12.2 Å². The van der Waals surface area contributed by atoms with E-state index in [1.54, 1.807) is 18.5 Å². The molecule has 1 aromatic rings. The standard InChI is InChI=1S/C10H17N3O3S/c1-16-10-7-12-5-3-8(10)9(13-11)4-6-17(2,14)15/h3,5,7,9,13H,4,6,11H2,1-2H3. The Morgan fingerprint density at radius 2 is 2.29 bits per heavy atom. The molecule has 0 saturated heterocycles. The number of ether oxygens (including phenoxy) is 1. The molecule has 7 heteroatoms. The van der Waals surface area contributed by atoms with Gasteiger partial charge in [0.1, 0.15) is 15.6 Å². The van der Waals surface area contributed by atoms with Gasteiger partial charge in [0.15, 0.2) is 0 Å². The van der Waals surface area contributed by atoms with E-state index in [1.165, 1.54) is 13.4 Å². The number of hydrogen-bond acceptors (Lipinski definition) is 6. The van der Waals surface area contributed by atoms with Gasteiger partial charge in [0.25, 0.3) is 0 Å². The van der Waals surface area contributed by atoms with Crippen LogP contribution < -0.4 is 16.0 Å². The molecular formula is C10H17N3O3S. The summed E-state index contributed by atoms with van der Waals surface area (Å²) in [5, 5.41) is 0. The number of rotatable bonds is 6. The highest BCUT2D eigenvalue weighted by Crippen LogP contribution is 2.25. The molecule has 0 aromatic carbocycles. The summed E-state index contributed by atoms with van der Waals surface area (Å²) in [5.41, 5.74) is 3.39. The van der Waals surface area contributed by atoms with Crippen LogP contribution in [0.1, 0.15) is 18.0 Å². The zero-order valence-electron chi connectivity index (χ0n) is 9.88. The number of pyridine rings is 1. The molecular weight excluding hydrogens is 242 g/mol. The highest BCUT2D eigenvalue weighted by Gasteiger charge is 2.16. The third kappa shape index (κ3) is 4.29. The van der Waals surface area contributed by atoms with Crippen LogP contribution in [0.3, 0.4) is 0 Å². The SMILES string of the molecule is COc1cnccc1C(CCS(C)(=O)=O)NN. The van der Waals surface area contributed by atoms with Crippen LogP contribution in [0.2, 0.25) is 0 Å². The third-order valence-corrected chi connectivity index (χ3v) is 3.37. The molecule has 1 aromatic heterocycles. The molecule has 1 unspecified atom stereocenters. The van der Waals surface area contributed by atoms with Crippen molar-refractivity contribution in [2.45, 2.75) is 12.5 Å². The van der Waals surface area contributed by atoms with Crippen molar-refractivity contribution in [1.29, 1.82) is 0 Å². The monoisotopic (exact) mass is 259 g/mol. The lowest BCUT2D eigenvalue weighted by Crippen LogP contribution is -2.30. The molecule has 1 heterocycles. The largest absolute Gasteiger partial charge is 0.495 e. The number of hydrazine groups is 1. The van der Waals surface area contributed by atoms with Crippen molar-refractivity contribution in [3.8, 4) is 5.75 Å². The first-order chi connectivity index (χ1) is 7.98. The average molecular weight is 259 g/mol. The highest BCUT2D eigenvalue weighted by atomic mass is 32.2. The molecule has 1 atom stereocenters. The van der Waals surface area contributed by atoms with Crippen LogP contribution in [-0.4, -0.2) is 32.5 Å². The highest BCUT2D eigenvalue weighted by molar-refractivity contribution is 7.90. The van der Waals surface area contributed by atoms with Gasteiger partial charge in [-0.05, 0) is 12.5 Å². The minimum atomic E-state index is -3.01. The van der Waals surface area contributed by atoms with Gasteiger partial charge in [-0.3, -0.25) is 16.3 Å². The van der Waals surface area contributed by atoms with Crippen molar-refractivity contribution in [2.24, 2.45) is 5.84 Å². The zero-order valence-corrected chi connectivity index (χ0v) is 10.7. The molecule has 0 aliphatic heterocycles.